The van der Waals surface area contributed by atoms with Gasteiger partial charge in [-0.25, -0.2) is 4.79 Å². The van der Waals surface area contributed by atoms with Crippen LogP contribution in [-0.4, -0.2) is 57.6 Å². The fourth-order valence-corrected chi connectivity index (χ4v) is 4.92. The molecule has 0 aromatic carbocycles. The van der Waals surface area contributed by atoms with Crippen LogP contribution in [0.25, 0.3) is 0 Å². The molecule has 2 fully saturated rings. The SMILES string of the molecule is CC1C(=O)N2C(C(=O)O)=C([N+]3(C)CCCC3)CS[C@@H]12. The van der Waals surface area contributed by atoms with Crippen LogP contribution in [0, 0.1) is 5.92 Å². The molecule has 2 saturated heterocycles. The fourth-order valence-electron chi connectivity index (χ4n) is 3.38. The Balaban J connectivity index is 2.04. The number of nitrogens with zero attached hydrogens (tertiary/aromatic N) is 2. The molecule has 1 unspecified atom stereocenters. The molecule has 0 aliphatic carbocycles. The van der Waals surface area contributed by atoms with Gasteiger partial charge in [-0.2, -0.15) is 0 Å². The van der Waals surface area contributed by atoms with E-state index in [1.54, 1.807) is 11.8 Å². The maximum absolute atomic E-state index is 12.0. The van der Waals surface area contributed by atoms with Crippen molar-refractivity contribution in [2.45, 2.75) is 25.1 Å². The van der Waals surface area contributed by atoms with Crippen LogP contribution in [-0.2, 0) is 9.59 Å². The van der Waals surface area contributed by atoms with Gasteiger partial charge < -0.3 is 5.11 Å². The number of carboxylic acids is 1. The van der Waals surface area contributed by atoms with Crippen molar-refractivity contribution in [3.63, 3.8) is 0 Å². The number of carbonyl (C=O) groups excluding carboxylic acids is 1. The van der Waals surface area contributed by atoms with Crippen LogP contribution in [0.15, 0.2) is 11.4 Å². The van der Waals surface area contributed by atoms with E-state index in [2.05, 4.69) is 7.05 Å². The summed E-state index contributed by atoms with van der Waals surface area (Å²) >= 11 is 1.71. The lowest BCUT2D eigenvalue weighted by Gasteiger charge is -2.49. The maximum atomic E-state index is 12.0. The number of thioether (sulfide) groups is 1. The number of hydrogen-bond acceptors (Lipinski definition) is 3. The highest BCUT2D eigenvalue weighted by Gasteiger charge is 2.54. The minimum Gasteiger partial charge on any atom is -0.476 e. The zero-order chi connectivity index (χ0) is 13.8. The summed E-state index contributed by atoms with van der Waals surface area (Å²) in [5, 5.41) is 9.56. The van der Waals surface area contributed by atoms with Gasteiger partial charge >= 0.3 is 5.97 Å². The Morgan fingerprint density at radius 1 is 1.42 bits per heavy atom. The first kappa shape index (κ1) is 13.0. The second-order valence-corrected chi connectivity index (χ2v) is 6.95. The molecule has 3 aliphatic rings. The molecule has 3 aliphatic heterocycles. The van der Waals surface area contributed by atoms with Crippen LogP contribution in [0.5, 0.6) is 0 Å². The fraction of sp³-hybridized carbons (Fsp3) is 0.692. The average Bonchev–Trinajstić information content (AvgIpc) is 2.84. The number of quaternary nitrogens is 1. The molecule has 3 rings (SSSR count). The highest BCUT2D eigenvalue weighted by Crippen LogP contribution is 2.45. The van der Waals surface area contributed by atoms with Crippen molar-refractivity contribution < 1.29 is 19.2 Å². The number of hydrogen-bond donors (Lipinski definition) is 1. The predicted molar refractivity (Wildman–Crippen MR) is 72.1 cm³/mol. The third-order valence-corrected chi connectivity index (χ3v) is 6.02. The standard InChI is InChI=1S/C13H18N2O3S/c1-8-11(16)14-10(13(17)18)9(7-19-12(8)14)15(2)5-3-4-6-15/h8,12H,3-7H2,1-2H3/p+1/t8?,12-/m0/s1. The zero-order valence-electron chi connectivity index (χ0n) is 11.3. The molecule has 104 valence electrons. The van der Waals surface area contributed by atoms with Crippen LogP contribution < -0.4 is 0 Å². The van der Waals surface area contributed by atoms with Crippen LogP contribution in [0.4, 0.5) is 0 Å². The van der Waals surface area contributed by atoms with Gasteiger partial charge in [0.2, 0.25) is 5.91 Å². The Hall–Kier alpha value is -1.01. The highest BCUT2D eigenvalue weighted by molar-refractivity contribution is 8.00. The number of aliphatic carboxylic acids is 1. The van der Waals surface area contributed by atoms with Gasteiger partial charge in [0.05, 0.1) is 37.2 Å². The van der Waals surface area contributed by atoms with Gasteiger partial charge in [-0.15, -0.1) is 11.8 Å². The molecule has 0 aromatic rings. The Bertz CT molecular complexity index is 482. The van der Waals surface area contributed by atoms with Gasteiger partial charge in [0.15, 0.2) is 11.4 Å². The molecule has 0 radical (unpaired) electrons. The van der Waals surface area contributed by atoms with Gasteiger partial charge in [-0.3, -0.25) is 14.2 Å². The van der Waals surface area contributed by atoms with E-state index in [0.29, 0.717) is 4.48 Å². The quantitative estimate of drug-likeness (QED) is 0.608. The summed E-state index contributed by atoms with van der Waals surface area (Å²) in [7, 11) is 2.10. The molecule has 3 heterocycles. The normalized spacial score (nSPS) is 33.2. The van der Waals surface area contributed by atoms with Gasteiger partial charge in [-0.05, 0) is 0 Å². The molecule has 0 bridgehead atoms. The van der Waals surface area contributed by atoms with E-state index >= 15 is 0 Å². The van der Waals surface area contributed by atoms with Crippen LogP contribution in [0.1, 0.15) is 19.8 Å². The summed E-state index contributed by atoms with van der Waals surface area (Å²) in [5.41, 5.74) is 1.18. The molecule has 1 N–H and O–H groups in total. The monoisotopic (exact) mass is 283 g/mol. The average molecular weight is 283 g/mol. The summed E-state index contributed by atoms with van der Waals surface area (Å²) in [5.74, 6) is -0.314. The summed E-state index contributed by atoms with van der Waals surface area (Å²) in [6.07, 6.45) is 2.26. The third-order valence-electron chi connectivity index (χ3n) is 4.62. The largest absolute Gasteiger partial charge is 0.476 e. The van der Waals surface area contributed by atoms with E-state index < -0.39 is 5.97 Å². The van der Waals surface area contributed by atoms with Crippen molar-refractivity contribution in [1.29, 1.82) is 0 Å². The zero-order valence-corrected chi connectivity index (χ0v) is 12.1. The summed E-state index contributed by atoms with van der Waals surface area (Å²) in [6.45, 7) is 3.84. The van der Waals surface area contributed by atoms with Crippen molar-refractivity contribution in [2.24, 2.45) is 5.92 Å². The lowest BCUT2D eigenvalue weighted by atomic mass is 9.98. The van der Waals surface area contributed by atoms with Gasteiger partial charge in [0.1, 0.15) is 0 Å². The van der Waals surface area contributed by atoms with Crippen molar-refractivity contribution in [3.8, 4) is 0 Å². The van der Waals surface area contributed by atoms with Crippen molar-refractivity contribution in [1.82, 2.24) is 4.90 Å². The minimum absolute atomic E-state index is 0.0246. The van der Waals surface area contributed by atoms with E-state index in [4.69, 9.17) is 0 Å². The number of likely N-dealkylation sites (tertiary alicyclic amines) is 1. The summed E-state index contributed by atoms with van der Waals surface area (Å²) in [6, 6.07) is 0. The molecule has 6 heteroatoms. The number of amides is 1. The van der Waals surface area contributed by atoms with E-state index in [0.717, 1.165) is 37.4 Å². The number of rotatable bonds is 2. The summed E-state index contributed by atoms with van der Waals surface area (Å²) in [4.78, 5) is 25.1. The lowest BCUT2D eigenvalue weighted by molar-refractivity contribution is -0.860. The number of β-lactam (4-membered cyclic amide) rings is 1. The Morgan fingerprint density at radius 3 is 2.63 bits per heavy atom. The number of carbonyl (C=O) groups is 2. The second-order valence-electron chi connectivity index (χ2n) is 5.85. The topological polar surface area (TPSA) is 57.6 Å². The molecule has 0 aromatic heterocycles. The molecular formula is C13H19N2O3S+. The molecule has 0 saturated carbocycles. The van der Waals surface area contributed by atoms with Crippen LogP contribution in [0.3, 0.4) is 0 Å². The molecule has 0 spiro atoms. The second kappa shape index (κ2) is 4.24. The predicted octanol–water partition coefficient (Wildman–Crippen LogP) is 1.07. The van der Waals surface area contributed by atoms with Gasteiger partial charge in [0.25, 0.3) is 0 Å². The van der Waals surface area contributed by atoms with Crippen molar-refractivity contribution in [3.05, 3.63) is 11.4 Å². The Kier molecular flexibility index (Phi) is 2.90. The summed E-state index contributed by atoms with van der Waals surface area (Å²) < 4.78 is 0.694. The van der Waals surface area contributed by atoms with Gasteiger partial charge in [0, 0.05) is 12.8 Å². The molecule has 5 nitrogen and oxygen atoms in total. The first-order chi connectivity index (χ1) is 8.96. The first-order valence-electron chi connectivity index (χ1n) is 6.72. The van der Waals surface area contributed by atoms with E-state index in [9.17, 15) is 14.7 Å². The number of carboxylic acid groups (broad SMARTS) is 1. The highest BCUT2D eigenvalue weighted by atomic mass is 32.2. The van der Waals surface area contributed by atoms with E-state index in [1.807, 2.05) is 6.92 Å². The van der Waals surface area contributed by atoms with E-state index in [-0.39, 0.29) is 22.9 Å². The first-order valence-corrected chi connectivity index (χ1v) is 7.77. The number of fused-ring (bicyclic) bond motifs is 1. The molecule has 1 amide bonds. The van der Waals surface area contributed by atoms with Crippen molar-refractivity contribution >= 4 is 23.6 Å². The maximum Gasteiger partial charge on any atom is 0.358 e. The van der Waals surface area contributed by atoms with Gasteiger partial charge in [-0.1, -0.05) is 6.92 Å². The Morgan fingerprint density at radius 2 is 2.05 bits per heavy atom. The van der Waals surface area contributed by atoms with E-state index in [1.165, 1.54) is 4.90 Å². The molecule has 19 heavy (non-hydrogen) atoms. The van der Waals surface area contributed by atoms with Crippen LogP contribution >= 0.6 is 11.8 Å². The van der Waals surface area contributed by atoms with Crippen molar-refractivity contribution in [2.75, 3.05) is 25.9 Å². The minimum atomic E-state index is -0.952. The Labute approximate surface area is 116 Å². The molecule has 2 atom stereocenters. The van der Waals surface area contributed by atoms with Crippen LogP contribution in [0.2, 0.25) is 0 Å². The lowest BCUT2D eigenvalue weighted by Crippen LogP contribution is -2.62. The molecular weight excluding hydrogens is 264 g/mol. The smallest absolute Gasteiger partial charge is 0.358 e. The third kappa shape index (κ3) is 1.73.